The van der Waals surface area contributed by atoms with Gasteiger partial charge in [-0.05, 0) is 53.6 Å². The van der Waals surface area contributed by atoms with E-state index in [0.29, 0.717) is 48.1 Å². The summed E-state index contributed by atoms with van der Waals surface area (Å²) >= 11 is 2.56. The van der Waals surface area contributed by atoms with Crippen molar-refractivity contribution in [2.24, 2.45) is 0 Å². The third-order valence-corrected chi connectivity index (χ3v) is 10.2. The van der Waals surface area contributed by atoms with Gasteiger partial charge in [-0.15, -0.1) is 0 Å². The van der Waals surface area contributed by atoms with Crippen molar-refractivity contribution in [2.75, 3.05) is 0 Å². The van der Waals surface area contributed by atoms with E-state index in [2.05, 4.69) is 0 Å². The van der Waals surface area contributed by atoms with Crippen molar-refractivity contribution < 1.29 is 28.7 Å². The number of fused-ring (bicyclic) bond motifs is 2. The average Bonchev–Trinajstić information content (AvgIpc) is 3.16. The molecular weight excluding hydrogens is 665 g/mol. The number of ether oxygens (including phenoxy) is 2. The molecule has 0 saturated carbocycles. The van der Waals surface area contributed by atoms with Crippen LogP contribution in [0.1, 0.15) is 63.7 Å². The number of carbonyl (C=O) groups is 4. The molecule has 0 amide bonds. The summed E-state index contributed by atoms with van der Waals surface area (Å²) in [5, 5.41) is 0. The van der Waals surface area contributed by atoms with E-state index < -0.39 is 11.9 Å². The zero-order valence-corrected chi connectivity index (χ0v) is 28.2. The number of hydrogen-bond donors (Lipinski definition) is 0. The lowest BCUT2D eigenvalue weighted by atomic mass is 9.84. The summed E-state index contributed by atoms with van der Waals surface area (Å²) in [5.74, 6) is -1.48. The fourth-order valence-corrected chi connectivity index (χ4v) is 7.75. The van der Waals surface area contributed by atoms with Crippen molar-refractivity contribution >= 4 is 47.0 Å². The molecule has 0 spiro atoms. The van der Waals surface area contributed by atoms with Gasteiger partial charge in [0.25, 0.3) is 0 Å². The summed E-state index contributed by atoms with van der Waals surface area (Å²) in [7, 11) is 0. The minimum atomic E-state index is -0.482. The standard InChI is InChI=1S/C42H28O6S2/c43-39-33-20-11-23-36(50-34-21-8-7-18-31(34)42(46)48-26-28-14-5-2-6-15-28)38(33)40(44)32-19-10-22-35(37(32)39)49-30-17-9-16-29(24-30)41(45)47-25-27-12-3-1-4-13-27/h1-24H,25-26H2. The monoisotopic (exact) mass is 692 g/mol. The first-order chi connectivity index (χ1) is 24.5. The molecule has 0 atom stereocenters. The van der Waals surface area contributed by atoms with Gasteiger partial charge in [0.15, 0.2) is 11.6 Å². The Kier molecular flexibility index (Phi) is 9.73. The maximum Gasteiger partial charge on any atom is 0.339 e. The van der Waals surface area contributed by atoms with Crippen molar-refractivity contribution in [1.82, 2.24) is 0 Å². The van der Waals surface area contributed by atoms with E-state index in [1.807, 2.05) is 72.8 Å². The molecule has 0 radical (unpaired) electrons. The lowest BCUT2D eigenvalue weighted by Gasteiger charge is -2.22. The summed E-state index contributed by atoms with van der Waals surface area (Å²) in [6.45, 7) is 0.287. The molecule has 1 aliphatic rings. The average molecular weight is 693 g/mol. The van der Waals surface area contributed by atoms with E-state index in [4.69, 9.17) is 9.47 Å². The van der Waals surface area contributed by atoms with Gasteiger partial charge in [0, 0.05) is 41.8 Å². The van der Waals surface area contributed by atoms with Crippen molar-refractivity contribution in [3.8, 4) is 0 Å². The van der Waals surface area contributed by atoms with E-state index in [-0.39, 0.29) is 24.8 Å². The molecule has 8 heteroatoms. The van der Waals surface area contributed by atoms with Gasteiger partial charge in [0.05, 0.1) is 11.1 Å². The third kappa shape index (κ3) is 7.03. The van der Waals surface area contributed by atoms with E-state index >= 15 is 0 Å². The van der Waals surface area contributed by atoms with Crippen molar-refractivity contribution in [3.05, 3.63) is 190 Å². The highest BCUT2D eigenvalue weighted by Gasteiger charge is 2.34. The van der Waals surface area contributed by atoms with Crippen LogP contribution in [0.3, 0.4) is 0 Å². The molecular formula is C42H28O6S2. The highest BCUT2D eigenvalue weighted by Crippen LogP contribution is 2.42. The largest absolute Gasteiger partial charge is 0.457 e. The van der Waals surface area contributed by atoms with Gasteiger partial charge in [-0.3, -0.25) is 9.59 Å². The number of esters is 2. The molecule has 0 aliphatic heterocycles. The van der Waals surface area contributed by atoms with Crippen molar-refractivity contribution in [3.63, 3.8) is 0 Å². The number of hydrogen-bond acceptors (Lipinski definition) is 8. The Morgan fingerprint density at radius 3 is 1.60 bits per heavy atom. The summed E-state index contributed by atoms with van der Waals surface area (Å²) < 4.78 is 11.1. The normalized spacial score (nSPS) is 11.8. The van der Waals surface area contributed by atoms with Gasteiger partial charge in [-0.25, -0.2) is 9.59 Å². The van der Waals surface area contributed by atoms with Gasteiger partial charge >= 0.3 is 11.9 Å². The van der Waals surface area contributed by atoms with E-state index in [1.165, 1.54) is 23.5 Å². The minimum Gasteiger partial charge on any atom is -0.457 e. The van der Waals surface area contributed by atoms with Crippen LogP contribution >= 0.6 is 23.5 Å². The molecule has 0 unspecified atom stereocenters. The summed E-state index contributed by atoms with van der Waals surface area (Å²) in [6.07, 6.45) is 0. The minimum absolute atomic E-state index is 0.131. The van der Waals surface area contributed by atoms with Crippen LogP contribution in [0, 0.1) is 0 Å². The van der Waals surface area contributed by atoms with Crippen LogP contribution in [-0.4, -0.2) is 23.5 Å². The Labute approximate surface area is 297 Å². The molecule has 50 heavy (non-hydrogen) atoms. The van der Waals surface area contributed by atoms with Crippen LogP contribution in [-0.2, 0) is 22.7 Å². The maximum absolute atomic E-state index is 14.2. The first-order valence-electron chi connectivity index (χ1n) is 15.8. The Morgan fingerprint density at radius 1 is 0.480 bits per heavy atom. The van der Waals surface area contributed by atoms with Crippen LogP contribution in [0.15, 0.2) is 165 Å². The third-order valence-electron chi connectivity index (χ3n) is 8.05. The molecule has 1 aliphatic carbocycles. The van der Waals surface area contributed by atoms with Crippen molar-refractivity contribution in [1.29, 1.82) is 0 Å². The number of benzene rings is 6. The molecule has 7 rings (SSSR count). The number of ketones is 2. The Balaban J connectivity index is 1.12. The van der Waals surface area contributed by atoms with Crippen LogP contribution in [0.5, 0.6) is 0 Å². The Hall–Kier alpha value is -5.70. The van der Waals surface area contributed by atoms with Gasteiger partial charge in [-0.2, -0.15) is 0 Å². The summed E-state index contributed by atoms with van der Waals surface area (Å²) in [6, 6.07) is 43.4. The second kappa shape index (κ2) is 14.8. The van der Waals surface area contributed by atoms with Crippen LogP contribution < -0.4 is 0 Å². The van der Waals surface area contributed by atoms with Crippen molar-refractivity contribution in [2.45, 2.75) is 32.8 Å². The zero-order chi connectivity index (χ0) is 34.5. The molecule has 0 heterocycles. The first kappa shape index (κ1) is 32.8. The first-order valence-corrected chi connectivity index (χ1v) is 17.4. The molecule has 0 N–H and O–H groups in total. The fourth-order valence-electron chi connectivity index (χ4n) is 5.61. The fraction of sp³-hybridized carbons (Fsp3) is 0.0476. The SMILES string of the molecule is O=C(OCc1ccccc1)c1cccc(Sc2cccc3c2C(=O)c2cccc(Sc4ccccc4C(=O)OCc4ccccc4)c2C3=O)c1. The van der Waals surface area contributed by atoms with Gasteiger partial charge in [-0.1, -0.05) is 127 Å². The smallest absolute Gasteiger partial charge is 0.339 e. The van der Waals surface area contributed by atoms with Crippen LogP contribution in [0.4, 0.5) is 0 Å². The Bertz CT molecular complexity index is 2250. The molecule has 6 aromatic rings. The van der Waals surface area contributed by atoms with E-state index in [0.717, 1.165) is 16.0 Å². The molecule has 0 aromatic heterocycles. The summed E-state index contributed by atoms with van der Waals surface area (Å²) in [5.41, 5.74) is 3.72. The second-order valence-electron chi connectivity index (χ2n) is 11.4. The predicted molar refractivity (Wildman–Crippen MR) is 192 cm³/mol. The molecule has 244 valence electrons. The van der Waals surface area contributed by atoms with Gasteiger partial charge in [0.1, 0.15) is 13.2 Å². The molecule has 0 fully saturated rings. The van der Waals surface area contributed by atoms with E-state index in [9.17, 15) is 19.2 Å². The molecule has 0 bridgehead atoms. The quantitative estimate of drug-likeness (QED) is 0.131. The molecule has 6 nitrogen and oxygen atoms in total. The maximum atomic E-state index is 14.2. The van der Waals surface area contributed by atoms with Gasteiger partial charge < -0.3 is 9.47 Å². The number of rotatable bonds is 10. The lowest BCUT2D eigenvalue weighted by Crippen LogP contribution is -2.22. The zero-order valence-electron chi connectivity index (χ0n) is 26.5. The van der Waals surface area contributed by atoms with Gasteiger partial charge in [0.2, 0.25) is 0 Å². The van der Waals surface area contributed by atoms with E-state index in [1.54, 1.807) is 72.8 Å². The number of carbonyl (C=O) groups excluding carboxylic acids is 4. The van der Waals surface area contributed by atoms with Crippen LogP contribution in [0.2, 0.25) is 0 Å². The lowest BCUT2D eigenvalue weighted by molar-refractivity contribution is 0.0461. The predicted octanol–water partition coefficient (Wildman–Crippen LogP) is 9.48. The second-order valence-corrected chi connectivity index (χ2v) is 13.6. The highest BCUT2D eigenvalue weighted by molar-refractivity contribution is 7.99. The molecule has 6 aromatic carbocycles. The summed E-state index contributed by atoms with van der Waals surface area (Å²) in [4.78, 5) is 56.8. The topological polar surface area (TPSA) is 86.7 Å². The highest BCUT2D eigenvalue weighted by atomic mass is 32.2. The Morgan fingerprint density at radius 2 is 0.980 bits per heavy atom. The van der Waals surface area contributed by atoms with Crippen LogP contribution in [0.25, 0.3) is 0 Å². The molecule has 0 saturated heterocycles.